The summed E-state index contributed by atoms with van der Waals surface area (Å²) in [5.74, 6) is -4.42. The molecule has 11 rings (SSSR count). The van der Waals surface area contributed by atoms with E-state index in [0.717, 1.165) is 40.3 Å². The number of likely N-dealkylation sites (tertiary alicyclic amines) is 2. The number of fused-ring (bicyclic) bond motifs is 2. The van der Waals surface area contributed by atoms with E-state index in [1.54, 1.807) is 61.5 Å². The van der Waals surface area contributed by atoms with Crippen molar-refractivity contribution in [2.75, 3.05) is 46.1 Å². The summed E-state index contributed by atoms with van der Waals surface area (Å²) >= 11 is 0. The largest absolute Gasteiger partial charge is 0.377 e. The molecule has 5 amide bonds. The van der Waals surface area contributed by atoms with Gasteiger partial charge in [0.1, 0.15) is 0 Å². The predicted octanol–water partition coefficient (Wildman–Crippen LogP) is 9.13. The zero-order valence-corrected chi connectivity index (χ0v) is 49.0. The van der Waals surface area contributed by atoms with E-state index in [1.165, 1.54) is 15.9 Å². The summed E-state index contributed by atoms with van der Waals surface area (Å²) in [4.78, 5) is 95.3. The molecule has 0 bridgehead atoms. The van der Waals surface area contributed by atoms with Gasteiger partial charge < -0.3 is 24.3 Å². The zero-order valence-electron chi connectivity index (χ0n) is 47.3. The van der Waals surface area contributed by atoms with Gasteiger partial charge in [-0.3, -0.25) is 63.7 Å². The standard InChI is InChI=1S/C46H51N5O9.2C10H8N2.CH4.Ru/c1-4-6-21-50-44(54)40-35(13-12-30-10-8-7-9-11-30)60-37(41(40)45(50)55)15-14-36-39-38(34(5-2)59-36)43(53)51(46(39)56)22-24-58-26-25-57-23-20-49-42(52)31-17-19-48-33(28-31)32-27-29(3)16-18-47-32;2*1-3-7-11-9(5-1)10-6-2-4-8-12-10;;/h5,7-19,27-28,34-41H,2,4,6,20-26H2,1,3H3,(H,49,52);2*1-8H;1H4;/b13-12+,15-14-;;;;. The molecule has 4 aliphatic rings. The van der Waals surface area contributed by atoms with Crippen LogP contribution in [-0.2, 0) is 57.6 Å². The first kappa shape index (κ1) is 65.1. The fraction of sp³-hybridized carbons (Fsp3) is 0.299. The molecule has 4 saturated heterocycles. The third kappa shape index (κ3) is 16.5. The van der Waals surface area contributed by atoms with E-state index in [4.69, 9.17) is 18.9 Å². The third-order valence-electron chi connectivity index (χ3n) is 14.5. The summed E-state index contributed by atoms with van der Waals surface area (Å²) < 4.78 is 23.8. The molecule has 86 heavy (non-hydrogen) atoms. The Balaban J connectivity index is 0.000000332. The maximum Gasteiger partial charge on any atom is 0.251 e. The minimum absolute atomic E-state index is 0. The van der Waals surface area contributed by atoms with Gasteiger partial charge in [0, 0.05) is 75.3 Å². The van der Waals surface area contributed by atoms with Crippen molar-refractivity contribution in [2.45, 2.75) is 58.5 Å². The van der Waals surface area contributed by atoms with Crippen LogP contribution in [0.15, 0.2) is 195 Å². The van der Waals surface area contributed by atoms with Crippen molar-refractivity contribution in [1.29, 1.82) is 0 Å². The molecule has 4 aliphatic heterocycles. The summed E-state index contributed by atoms with van der Waals surface area (Å²) in [6, 6.07) is 40.0. The van der Waals surface area contributed by atoms with Gasteiger partial charge in [-0.15, -0.1) is 6.58 Å². The number of nitrogens with zero attached hydrogens (tertiary/aromatic N) is 8. The molecule has 7 aromatic rings. The first-order valence-corrected chi connectivity index (χ1v) is 28.2. The van der Waals surface area contributed by atoms with Gasteiger partial charge in [-0.05, 0) is 97.3 Å². The fourth-order valence-corrected chi connectivity index (χ4v) is 10.3. The summed E-state index contributed by atoms with van der Waals surface area (Å²) in [7, 11) is 0. The van der Waals surface area contributed by atoms with Crippen LogP contribution in [0.5, 0.6) is 0 Å². The number of rotatable bonds is 21. The molecule has 18 nitrogen and oxygen atoms in total. The Morgan fingerprint density at radius 3 is 1.47 bits per heavy atom. The molecule has 8 unspecified atom stereocenters. The van der Waals surface area contributed by atoms with Crippen LogP contribution in [0.4, 0.5) is 0 Å². The Morgan fingerprint density at radius 1 is 0.535 bits per heavy atom. The Bertz CT molecular complexity index is 3240. The van der Waals surface area contributed by atoms with Crippen molar-refractivity contribution in [3.8, 4) is 34.2 Å². The number of benzene rings is 1. The van der Waals surface area contributed by atoms with Crippen LogP contribution in [0.2, 0.25) is 0 Å². The van der Waals surface area contributed by atoms with Crippen molar-refractivity contribution in [1.82, 2.24) is 45.0 Å². The number of nitrogens with one attached hydrogen (secondary N) is 1. The van der Waals surface area contributed by atoms with Gasteiger partial charge in [0.25, 0.3) is 5.91 Å². The summed E-state index contributed by atoms with van der Waals surface area (Å²) in [6.07, 6.45) is 17.7. The van der Waals surface area contributed by atoms with Gasteiger partial charge in [0.15, 0.2) is 0 Å². The van der Waals surface area contributed by atoms with E-state index in [9.17, 15) is 24.0 Å². The van der Waals surface area contributed by atoms with Crippen LogP contribution in [-0.4, -0.2) is 140 Å². The summed E-state index contributed by atoms with van der Waals surface area (Å²) in [5.41, 5.74) is 7.40. The summed E-state index contributed by atoms with van der Waals surface area (Å²) in [5, 5.41) is 2.83. The second-order valence-corrected chi connectivity index (χ2v) is 20.1. The molecule has 446 valence electrons. The van der Waals surface area contributed by atoms with Crippen molar-refractivity contribution in [2.24, 2.45) is 23.7 Å². The van der Waals surface area contributed by atoms with E-state index >= 15 is 0 Å². The fourth-order valence-electron chi connectivity index (χ4n) is 10.3. The minimum Gasteiger partial charge on any atom is -0.377 e. The topological polar surface area (TPSA) is 218 Å². The van der Waals surface area contributed by atoms with Crippen molar-refractivity contribution in [3.63, 3.8) is 0 Å². The van der Waals surface area contributed by atoms with E-state index in [2.05, 4.69) is 41.8 Å². The number of ether oxygens (including phenoxy) is 4. The van der Waals surface area contributed by atoms with Crippen LogP contribution in [0.1, 0.15) is 48.7 Å². The van der Waals surface area contributed by atoms with E-state index in [0.29, 0.717) is 29.9 Å². The van der Waals surface area contributed by atoms with Crippen LogP contribution in [0.3, 0.4) is 0 Å². The van der Waals surface area contributed by atoms with Crippen LogP contribution < -0.4 is 5.32 Å². The van der Waals surface area contributed by atoms with E-state index in [1.807, 2.05) is 141 Å². The zero-order chi connectivity index (χ0) is 58.6. The van der Waals surface area contributed by atoms with Gasteiger partial charge in [-0.2, -0.15) is 0 Å². The molecule has 4 fully saturated rings. The number of hydrogen-bond acceptors (Lipinski definition) is 15. The SMILES string of the molecule is C.C=CC1OC(/C=C\C2OC(/C=C/c3ccccc3)C3C(=O)N(CCCC)C(=O)C23)C2C(=O)N(CCOCCOCCNC(=O)c3ccnc(-c4cc(C)ccn4)c3)C(=O)C12.[Ru].c1ccc(-c2ccccn2)nc1.c1ccc(-c2ccccn2)nc1. The third-order valence-corrected chi connectivity index (χ3v) is 14.5. The van der Waals surface area contributed by atoms with Crippen molar-refractivity contribution >= 4 is 35.6 Å². The van der Waals surface area contributed by atoms with Crippen LogP contribution in [0.25, 0.3) is 40.2 Å². The molecule has 8 atom stereocenters. The monoisotopic (exact) mass is 1250 g/mol. The Morgan fingerprint density at radius 2 is 0.977 bits per heavy atom. The molecular weight excluding hydrogens is 1180 g/mol. The Hall–Kier alpha value is -8.45. The average molecular weight is 1250 g/mol. The van der Waals surface area contributed by atoms with Gasteiger partial charge >= 0.3 is 0 Å². The van der Waals surface area contributed by atoms with Gasteiger partial charge in [0.05, 0.1) is 115 Å². The molecule has 1 aromatic carbocycles. The Labute approximate surface area is 515 Å². The molecule has 6 aromatic heterocycles. The summed E-state index contributed by atoms with van der Waals surface area (Å²) in [6.45, 7) is 9.37. The predicted molar refractivity (Wildman–Crippen MR) is 322 cm³/mol. The molecule has 0 aliphatic carbocycles. The molecule has 0 saturated carbocycles. The van der Waals surface area contributed by atoms with Crippen molar-refractivity contribution in [3.05, 3.63) is 212 Å². The number of imide groups is 2. The van der Waals surface area contributed by atoms with E-state index < -0.39 is 48.1 Å². The number of carbonyl (C=O) groups is 5. The number of aromatic nitrogens is 6. The van der Waals surface area contributed by atoms with Crippen LogP contribution >= 0.6 is 0 Å². The number of aryl methyl sites for hydroxylation is 1. The molecule has 0 spiro atoms. The van der Waals surface area contributed by atoms with Gasteiger partial charge in [-0.1, -0.05) is 106 Å². The quantitative estimate of drug-likeness (QED) is 0.0307. The molecular formula is C67H71N9O9Ru. The number of pyridine rings is 6. The second-order valence-electron chi connectivity index (χ2n) is 20.1. The number of unbranched alkanes of at least 4 members (excludes halogenated alkanes) is 1. The second kappa shape index (κ2) is 32.7. The normalized spacial score (nSPS) is 21.0. The number of hydrogen-bond donors (Lipinski definition) is 1. The van der Waals surface area contributed by atoms with Gasteiger partial charge in [-0.25, -0.2) is 0 Å². The molecule has 1 N–H and O–H groups in total. The maximum atomic E-state index is 13.7. The number of carbonyl (C=O) groups excluding carboxylic acids is 5. The average Bonchev–Trinajstić information content (AvgIpc) is 1.81. The first-order chi connectivity index (χ1) is 41.1. The first-order valence-electron chi connectivity index (χ1n) is 28.2. The van der Waals surface area contributed by atoms with E-state index in [-0.39, 0.29) is 96.0 Å². The van der Waals surface area contributed by atoms with Crippen molar-refractivity contribution < 1.29 is 62.4 Å². The molecule has 10 heterocycles. The Kier molecular flexibility index (Phi) is 24.8. The van der Waals surface area contributed by atoms with Gasteiger partial charge in [0.2, 0.25) is 23.6 Å². The minimum atomic E-state index is -0.791. The smallest absolute Gasteiger partial charge is 0.251 e. The molecule has 0 radical (unpaired) electrons. The number of amides is 5. The van der Waals surface area contributed by atoms with Crippen LogP contribution in [0, 0.1) is 30.6 Å². The maximum absolute atomic E-state index is 13.7. The molecule has 19 heteroatoms.